The first-order valence-corrected chi connectivity index (χ1v) is 6.64. The van der Waals surface area contributed by atoms with Crippen molar-refractivity contribution in [1.82, 2.24) is 14.3 Å². The number of nitrogens with zero attached hydrogens (tertiary/aromatic N) is 3. The van der Waals surface area contributed by atoms with Crippen LogP contribution in [0.2, 0.25) is 0 Å². The maximum atomic E-state index is 12.4. The third-order valence-electron chi connectivity index (χ3n) is 3.27. The first-order chi connectivity index (χ1) is 9.21. The fourth-order valence-electron chi connectivity index (χ4n) is 2.11. The molecule has 5 nitrogen and oxygen atoms in total. The van der Waals surface area contributed by atoms with Gasteiger partial charge in [0, 0.05) is 0 Å². The van der Waals surface area contributed by atoms with Gasteiger partial charge in [-0.1, -0.05) is 36.0 Å². The molecule has 0 bridgehead atoms. The molecule has 108 valence electrons. The maximum Gasteiger partial charge on any atom is 0.346 e. The van der Waals surface area contributed by atoms with Gasteiger partial charge in [-0.25, -0.2) is 9.48 Å². The van der Waals surface area contributed by atoms with Crippen molar-refractivity contribution in [1.29, 1.82) is 0 Å². The number of hydrogen-bond donors (Lipinski definition) is 1. The topological polar surface area (TPSA) is 60.1 Å². The van der Waals surface area contributed by atoms with Crippen molar-refractivity contribution in [3.05, 3.63) is 52.8 Å². The number of allylic oxidation sites excluding steroid dienone is 6. The molecule has 0 radical (unpaired) electrons. The molecule has 1 atom stereocenters. The molecule has 1 aliphatic rings. The van der Waals surface area contributed by atoms with Crippen LogP contribution in [0.1, 0.15) is 27.7 Å². The lowest BCUT2D eigenvalue weighted by molar-refractivity contribution is 0.0562. The summed E-state index contributed by atoms with van der Waals surface area (Å²) in [6, 6.07) is 0. The van der Waals surface area contributed by atoms with Crippen LogP contribution >= 0.6 is 0 Å². The van der Waals surface area contributed by atoms with E-state index in [0.29, 0.717) is 0 Å². The van der Waals surface area contributed by atoms with E-state index in [4.69, 9.17) is 0 Å². The van der Waals surface area contributed by atoms with E-state index in [0.717, 1.165) is 5.57 Å². The van der Waals surface area contributed by atoms with Gasteiger partial charge in [-0.3, -0.25) is 4.57 Å². The summed E-state index contributed by atoms with van der Waals surface area (Å²) in [7, 11) is 0. The minimum Gasteiger partial charge on any atom is -0.389 e. The zero-order valence-corrected chi connectivity index (χ0v) is 12.4. The van der Waals surface area contributed by atoms with Crippen LogP contribution in [0.15, 0.2) is 47.1 Å². The Balaban J connectivity index is 2.40. The Morgan fingerprint density at radius 2 is 2.10 bits per heavy atom. The Hall–Kier alpha value is -1.88. The molecule has 0 aromatic carbocycles. The summed E-state index contributed by atoms with van der Waals surface area (Å²) in [6.45, 7) is 7.43. The van der Waals surface area contributed by atoms with Crippen LogP contribution in [-0.4, -0.2) is 25.1 Å². The molecule has 1 N–H and O–H groups in total. The van der Waals surface area contributed by atoms with Gasteiger partial charge in [0.05, 0.1) is 17.7 Å². The number of aromatic nitrogens is 3. The fourth-order valence-corrected chi connectivity index (χ4v) is 2.11. The van der Waals surface area contributed by atoms with Gasteiger partial charge < -0.3 is 5.11 Å². The average molecular weight is 275 g/mol. The highest BCUT2D eigenvalue weighted by molar-refractivity contribution is 5.31. The van der Waals surface area contributed by atoms with Crippen LogP contribution in [-0.2, 0) is 12.1 Å². The normalized spacial score (nSPS) is 22.8. The lowest BCUT2D eigenvalue weighted by atomic mass is 10.0. The van der Waals surface area contributed by atoms with E-state index >= 15 is 0 Å². The average Bonchev–Trinajstić information content (AvgIpc) is 2.57. The second-order valence-corrected chi connectivity index (χ2v) is 6.08. The summed E-state index contributed by atoms with van der Waals surface area (Å²) >= 11 is 0. The van der Waals surface area contributed by atoms with E-state index < -0.39 is 11.1 Å². The van der Waals surface area contributed by atoms with Gasteiger partial charge in [-0.05, 0) is 27.7 Å². The Kier molecular flexibility index (Phi) is 3.56. The molecule has 0 aliphatic heterocycles. The summed E-state index contributed by atoms with van der Waals surface area (Å²) < 4.78 is 2.86. The van der Waals surface area contributed by atoms with Crippen molar-refractivity contribution in [2.45, 2.75) is 45.4 Å². The smallest absolute Gasteiger partial charge is 0.346 e. The van der Waals surface area contributed by atoms with Crippen molar-refractivity contribution in [2.24, 2.45) is 0 Å². The highest BCUT2D eigenvalue weighted by Crippen LogP contribution is 2.21. The SMILES string of the molecule is CC1=CC=C[C@@](C)(n2cnn(CC(C)(C)O)c2=O)C=C1. The molecule has 20 heavy (non-hydrogen) atoms. The molecule has 0 spiro atoms. The standard InChI is InChI=1S/C15H21N3O2/c1-12-6-5-8-15(4,9-7-12)17-11-16-18(13(17)19)10-14(2,3)20/h5-9,11,20H,10H2,1-4H3/t15-/m1/s1. The third-order valence-corrected chi connectivity index (χ3v) is 3.27. The van der Waals surface area contributed by atoms with Gasteiger partial charge in [-0.2, -0.15) is 5.10 Å². The molecule has 1 heterocycles. The lowest BCUT2D eigenvalue weighted by Gasteiger charge is -2.22. The van der Waals surface area contributed by atoms with Crippen molar-refractivity contribution in [3.63, 3.8) is 0 Å². The van der Waals surface area contributed by atoms with Gasteiger partial charge >= 0.3 is 5.69 Å². The highest BCUT2D eigenvalue weighted by Gasteiger charge is 2.25. The molecule has 1 aromatic rings. The van der Waals surface area contributed by atoms with Gasteiger partial charge in [0.25, 0.3) is 0 Å². The number of rotatable bonds is 3. The largest absolute Gasteiger partial charge is 0.389 e. The fraction of sp³-hybridized carbons (Fsp3) is 0.467. The van der Waals surface area contributed by atoms with E-state index in [-0.39, 0.29) is 12.2 Å². The minimum atomic E-state index is -0.975. The Morgan fingerprint density at radius 1 is 1.40 bits per heavy atom. The van der Waals surface area contributed by atoms with Crippen LogP contribution in [0.3, 0.4) is 0 Å². The van der Waals surface area contributed by atoms with E-state index in [1.165, 1.54) is 11.0 Å². The number of hydrogen-bond acceptors (Lipinski definition) is 3. The second kappa shape index (κ2) is 4.90. The van der Waals surface area contributed by atoms with Gasteiger partial charge in [0.15, 0.2) is 0 Å². The van der Waals surface area contributed by atoms with Crippen molar-refractivity contribution in [3.8, 4) is 0 Å². The molecular weight excluding hydrogens is 254 g/mol. The molecular formula is C15H21N3O2. The highest BCUT2D eigenvalue weighted by atomic mass is 16.3. The summed E-state index contributed by atoms with van der Waals surface area (Å²) in [6.07, 6.45) is 11.4. The van der Waals surface area contributed by atoms with E-state index in [9.17, 15) is 9.90 Å². The predicted molar refractivity (Wildman–Crippen MR) is 78.5 cm³/mol. The van der Waals surface area contributed by atoms with Gasteiger partial charge in [0.2, 0.25) is 0 Å². The molecule has 0 unspecified atom stereocenters. The van der Waals surface area contributed by atoms with E-state index in [1.54, 1.807) is 18.4 Å². The van der Waals surface area contributed by atoms with Crippen molar-refractivity contribution in [2.75, 3.05) is 0 Å². The zero-order chi connectivity index (χ0) is 15.0. The van der Waals surface area contributed by atoms with Crippen LogP contribution in [0, 0.1) is 0 Å². The van der Waals surface area contributed by atoms with Crippen molar-refractivity contribution < 1.29 is 5.11 Å². The first kappa shape index (κ1) is 14.5. The third kappa shape index (κ3) is 2.99. The van der Waals surface area contributed by atoms with Gasteiger partial charge in [0.1, 0.15) is 6.33 Å². The van der Waals surface area contributed by atoms with Crippen LogP contribution in [0.25, 0.3) is 0 Å². The first-order valence-electron chi connectivity index (χ1n) is 6.64. The minimum absolute atomic E-state index is 0.166. The molecule has 5 heteroatoms. The predicted octanol–water partition coefficient (Wildman–Crippen LogP) is 1.60. The Morgan fingerprint density at radius 3 is 2.75 bits per heavy atom. The van der Waals surface area contributed by atoms with E-state index in [1.807, 2.05) is 44.2 Å². The summed E-state index contributed by atoms with van der Waals surface area (Å²) in [5, 5.41) is 13.9. The van der Waals surface area contributed by atoms with Gasteiger partial charge in [-0.15, -0.1) is 0 Å². The molecule has 1 aromatic heterocycles. The van der Waals surface area contributed by atoms with Crippen LogP contribution < -0.4 is 5.69 Å². The lowest BCUT2D eigenvalue weighted by Crippen LogP contribution is -2.39. The molecule has 0 saturated carbocycles. The molecule has 0 saturated heterocycles. The zero-order valence-electron chi connectivity index (χ0n) is 12.4. The molecule has 0 fully saturated rings. The molecule has 2 rings (SSSR count). The Labute approximate surface area is 118 Å². The van der Waals surface area contributed by atoms with Crippen LogP contribution in [0.5, 0.6) is 0 Å². The quantitative estimate of drug-likeness (QED) is 0.911. The van der Waals surface area contributed by atoms with E-state index in [2.05, 4.69) is 5.10 Å². The monoisotopic (exact) mass is 275 g/mol. The summed E-state index contributed by atoms with van der Waals surface area (Å²) in [5.74, 6) is 0. The van der Waals surface area contributed by atoms with Crippen molar-refractivity contribution >= 4 is 0 Å². The molecule has 0 amide bonds. The summed E-state index contributed by atoms with van der Waals surface area (Å²) in [4.78, 5) is 12.4. The maximum absolute atomic E-state index is 12.4. The second-order valence-electron chi connectivity index (χ2n) is 6.08. The number of aliphatic hydroxyl groups is 1. The Bertz CT molecular complexity index is 641. The van der Waals surface area contributed by atoms with Crippen LogP contribution in [0.4, 0.5) is 0 Å². The summed E-state index contributed by atoms with van der Waals surface area (Å²) in [5.41, 5.74) is -0.634. The molecule has 1 aliphatic carbocycles.